The van der Waals surface area contributed by atoms with Crippen LogP contribution >= 0.6 is 0 Å². The highest BCUT2D eigenvalue weighted by atomic mass is 16.6. The molecule has 0 spiro atoms. The van der Waals surface area contributed by atoms with Crippen LogP contribution in [-0.2, 0) is 0 Å². The third-order valence-corrected chi connectivity index (χ3v) is 3.81. The number of hydrogen-bond donors (Lipinski definition) is 2. The highest BCUT2D eigenvalue weighted by Crippen LogP contribution is 2.31. The van der Waals surface area contributed by atoms with Crippen molar-refractivity contribution in [3.63, 3.8) is 0 Å². The van der Waals surface area contributed by atoms with Gasteiger partial charge in [-0.15, -0.1) is 0 Å². The molecule has 1 fully saturated rings. The van der Waals surface area contributed by atoms with Gasteiger partial charge in [0.1, 0.15) is 5.69 Å². The zero-order chi connectivity index (χ0) is 15.4. The Morgan fingerprint density at radius 3 is 2.52 bits per heavy atom. The summed E-state index contributed by atoms with van der Waals surface area (Å²) in [6.45, 7) is 5.28. The quantitative estimate of drug-likeness (QED) is 0.616. The van der Waals surface area contributed by atoms with Gasteiger partial charge in [0.2, 0.25) is 0 Å². The van der Waals surface area contributed by atoms with Crippen LogP contribution in [0.15, 0.2) is 18.2 Å². The zero-order valence-electron chi connectivity index (χ0n) is 12.1. The summed E-state index contributed by atoms with van der Waals surface area (Å²) in [6.07, 6.45) is -0.723. The SMILES string of the molecule is C[C@@H](O)c1ccc(N2CCN(CCO)CC2)c([N+](=O)[O-])c1. The summed E-state index contributed by atoms with van der Waals surface area (Å²) >= 11 is 0. The summed E-state index contributed by atoms with van der Waals surface area (Å²) in [5.41, 5.74) is 1.17. The molecule has 0 bridgehead atoms. The molecule has 0 saturated carbocycles. The van der Waals surface area contributed by atoms with Crippen LogP contribution in [0.5, 0.6) is 0 Å². The van der Waals surface area contributed by atoms with Crippen LogP contribution in [0.1, 0.15) is 18.6 Å². The number of nitro benzene ring substituents is 1. The number of piperazine rings is 1. The van der Waals surface area contributed by atoms with Crippen molar-refractivity contribution in [2.75, 3.05) is 44.2 Å². The summed E-state index contributed by atoms with van der Waals surface area (Å²) < 4.78 is 0. The molecule has 1 saturated heterocycles. The van der Waals surface area contributed by atoms with E-state index in [1.54, 1.807) is 19.1 Å². The second-order valence-corrected chi connectivity index (χ2v) is 5.23. The fourth-order valence-corrected chi connectivity index (χ4v) is 2.57. The lowest BCUT2D eigenvalue weighted by Gasteiger charge is -2.35. The fourth-order valence-electron chi connectivity index (χ4n) is 2.57. The van der Waals surface area contributed by atoms with Crippen molar-refractivity contribution in [2.45, 2.75) is 13.0 Å². The molecular formula is C14H21N3O4. The Labute approximate surface area is 123 Å². The number of rotatable bonds is 5. The van der Waals surface area contributed by atoms with E-state index in [1.807, 2.05) is 4.90 Å². The van der Waals surface area contributed by atoms with Crippen molar-refractivity contribution < 1.29 is 15.1 Å². The lowest BCUT2D eigenvalue weighted by atomic mass is 10.1. The normalized spacial score (nSPS) is 17.8. The Morgan fingerprint density at radius 2 is 2.00 bits per heavy atom. The van der Waals surface area contributed by atoms with Gasteiger partial charge in [0.05, 0.1) is 17.6 Å². The number of aliphatic hydroxyl groups is 2. The van der Waals surface area contributed by atoms with Crippen LogP contribution < -0.4 is 4.90 Å². The summed E-state index contributed by atoms with van der Waals surface area (Å²) in [4.78, 5) is 15.0. The minimum Gasteiger partial charge on any atom is -0.395 e. The highest BCUT2D eigenvalue weighted by molar-refractivity contribution is 5.64. The van der Waals surface area contributed by atoms with Crippen molar-refractivity contribution in [1.29, 1.82) is 0 Å². The van der Waals surface area contributed by atoms with Crippen LogP contribution in [0.3, 0.4) is 0 Å². The van der Waals surface area contributed by atoms with Gasteiger partial charge in [0.25, 0.3) is 5.69 Å². The number of β-amino-alcohol motifs (C(OH)–C–C–N with tert-alkyl or cyclic N) is 1. The molecule has 2 rings (SSSR count). The van der Waals surface area contributed by atoms with Gasteiger partial charge in [-0.05, 0) is 18.6 Å². The molecule has 1 aliphatic rings. The Bertz CT molecular complexity index is 499. The molecule has 7 heteroatoms. The summed E-state index contributed by atoms with van der Waals surface area (Å²) in [5, 5.41) is 29.8. The third kappa shape index (κ3) is 3.69. The van der Waals surface area contributed by atoms with Gasteiger partial charge in [-0.1, -0.05) is 6.07 Å². The van der Waals surface area contributed by atoms with Crippen LogP contribution in [0.25, 0.3) is 0 Å². The van der Waals surface area contributed by atoms with Crippen LogP contribution in [0.4, 0.5) is 11.4 Å². The molecule has 116 valence electrons. The molecule has 1 atom stereocenters. The first-order valence-corrected chi connectivity index (χ1v) is 7.07. The maximum Gasteiger partial charge on any atom is 0.292 e. The van der Waals surface area contributed by atoms with Crippen LogP contribution in [-0.4, -0.2) is 59.4 Å². The second kappa shape index (κ2) is 6.84. The molecule has 1 aromatic carbocycles. The predicted molar refractivity (Wildman–Crippen MR) is 79.5 cm³/mol. The molecular weight excluding hydrogens is 274 g/mol. The second-order valence-electron chi connectivity index (χ2n) is 5.23. The highest BCUT2D eigenvalue weighted by Gasteiger charge is 2.24. The Morgan fingerprint density at radius 1 is 1.33 bits per heavy atom. The van der Waals surface area contributed by atoms with E-state index in [0.717, 1.165) is 13.1 Å². The molecule has 0 aromatic heterocycles. The molecule has 2 N–H and O–H groups in total. The number of hydrogen-bond acceptors (Lipinski definition) is 6. The van der Waals surface area contributed by atoms with Gasteiger partial charge in [0, 0.05) is 38.8 Å². The first kappa shape index (κ1) is 15.7. The number of anilines is 1. The van der Waals surface area contributed by atoms with E-state index in [1.165, 1.54) is 6.07 Å². The van der Waals surface area contributed by atoms with E-state index < -0.39 is 11.0 Å². The number of nitro groups is 1. The average Bonchev–Trinajstić information content (AvgIpc) is 2.47. The number of benzene rings is 1. The first-order chi connectivity index (χ1) is 10.0. The van der Waals surface area contributed by atoms with Crippen molar-refractivity contribution >= 4 is 11.4 Å². The summed E-state index contributed by atoms with van der Waals surface area (Å²) in [7, 11) is 0. The van der Waals surface area contributed by atoms with E-state index >= 15 is 0 Å². The molecule has 0 unspecified atom stereocenters. The van der Waals surface area contributed by atoms with E-state index in [9.17, 15) is 15.2 Å². The van der Waals surface area contributed by atoms with Crippen LogP contribution in [0, 0.1) is 10.1 Å². The molecule has 1 heterocycles. The Kier molecular flexibility index (Phi) is 5.11. The monoisotopic (exact) mass is 295 g/mol. The molecule has 1 aliphatic heterocycles. The molecule has 0 aliphatic carbocycles. The Hall–Kier alpha value is -1.70. The fraction of sp³-hybridized carbons (Fsp3) is 0.571. The minimum atomic E-state index is -0.723. The standard InChI is InChI=1S/C14H21N3O4/c1-11(19)12-2-3-13(14(10-12)17(20)21)16-6-4-15(5-7-16)8-9-18/h2-3,10-11,18-19H,4-9H2,1H3/t11-/m1/s1. The Balaban J connectivity index is 2.18. The van der Waals surface area contributed by atoms with E-state index in [4.69, 9.17) is 5.11 Å². The molecule has 0 amide bonds. The topological polar surface area (TPSA) is 90.1 Å². The van der Waals surface area contributed by atoms with Crippen molar-refractivity contribution in [3.05, 3.63) is 33.9 Å². The summed E-state index contributed by atoms with van der Waals surface area (Å²) in [6, 6.07) is 4.88. The van der Waals surface area contributed by atoms with Crippen LogP contribution in [0.2, 0.25) is 0 Å². The predicted octanol–water partition coefficient (Wildman–Crippen LogP) is 0.762. The third-order valence-electron chi connectivity index (χ3n) is 3.81. The largest absolute Gasteiger partial charge is 0.395 e. The van der Waals surface area contributed by atoms with Gasteiger partial charge in [-0.25, -0.2) is 0 Å². The van der Waals surface area contributed by atoms with E-state index in [0.29, 0.717) is 30.9 Å². The van der Waals surface area contributed by atoms with Gasteiger partial charge in [-0.2, -0.15) is 0 Å². The van der Waals surface area contributed by atoms with E-state index in [2.05, 4.69) is 4.90 Å². The number of aliphatic hydroxyl groups excluding tert-OH is 2. The maximum atomic E-state index is 11.3. The lowest BCUT2D eigenvalue weighted by molar-refractivity contribution is -0.384. The number of nitrogens with zero attached hydrogens (tertiary/aromatic N) is 3. The molecule has 0 radical (unpaired) electrons. The van der Waals surface area contributed by atoms with Gasteiger partial charge in [0.15, 0.2) is 0 Å². The first-order valence-electron chi connectivity index (χ1n) is 7.07. The minimum absolute atomic E-state index is 0.0315. The van der Waals surface area contributed by atoms with Crippen molar-refractivity contribution in [1.82, 2.24) is 4.90 Å². The van der Waals surface area contributed by atoms with E-state index in [-0.39, 0.29) is 12.3 Å². The average molecular weight is 295 g/mol. The van der Waals surface area contributed by atoms with Gasteiger partial charge < -0.3 is 15.1 Å². The molecule has 1 aromatic rings. The molecule has 7 nitrogen and oxygen atoms in total. The summed E-state index contributed by atoms with van der Waals surface area (Å²) in [5.74, 6) is 0. The van der Waals surface area contributed by atoms with Gasteiger partial charge in [-0.3, -0.25) is 15.0 Å². The lowest BCUT2D eigenvalue weighted by Crippen LogP contribution is -2.47. The zero-order valence-corrected chi connectivity index (χ0v) is 12.1. The molecule has 21 heavy (non-hydrogen) atoms. The smallest absolute Gasteiger partial charge is 0.292 e. The maximum absolute atomic E-state index is 11.3. The van der Waals surface area contributed by atoms with Crippen molar-refractivity contribution in [3.8, 4) is 0 Å². The van der Waals surface area contributed by atoms with Crippen molar-refractivity contribution in [2.24, 2.45) is 0 Å². The van der Waals surface area contributed by atoms with Gasteiger partial charge >= 0.3 is 0 Å².